The Morgan fingerprint density at radius 1 is 1.45 bits per heavy atom. The van der Waals surface area contributed by atoms with E-state index in [1.165, 1.54) is 7.11 Å². The van der Waals surface area contributed by atoms with Gasteiger partial charge in [0.25, 0.3) is 0 Å². The quantitative estimate of drug-likeness (QED) is 0.597. The summed E-state index contributed by atoms with van der Waals surface area (Å²) in [6, 6.07) is 6.29. The fraction of sp³-hybridized carbons (Fsp3) is 0.500. The zero-order valence-corrected chi connectivity index (χ0v) is 13.5. The maximum Gasteiger partial charge on any atom is 0.338 e. The maximum absolute atomic E-state index is 12.1. The number of allylic oxidation sites excluding steroid dienone is 1. The lowest BCUT2D eigenvalue weighted by Crippen LogP contribution is -2.40. The van der Waals surface area contributed by atoms with E-state index in [1.54, 1.807) is 0 Å². The molecule has 2 rings (SSSR count). The highest BCUT2D eigenvalue weighted by Gasteiger charge is 2.24. The molecule has 0 aliphatic carbocycles. The Morgan fingerprint density at radius 2 is 2.18 bits per heavy atom. The van der Waals surface area contributed by atoms with E-state index in [0.717, 1.165) is 43.9 Å². The molecule has 0 atom stereocenters. The first-order valence-corrected chi connectivity index (χ1v) is 7.88. The molecule has 0 radical (unpaired) electrons. The van der Waals surface area contributed by atoms with Gasteiger partial charge in [-0.1, -0.05) is 12.1 Å². The second-order valence-corrected chi connectivity index (χ2v) is 5.42. The highest BCUT2D eigenvalue weighted by Crippen LogP contribution is 2.29. The third kappa shape index (κ3) is 3.50. The number of methoxy groups -OCH3 is 1. The Kier molecular flexibility index (Phi) is 6.01. The zero-order valence-electron chi connectivity index (χ0n) is 13.5. The minimum Gasteiger partial charge on any atom is -0.465 e. The van der Waals surface area contributed by atoms with Crippen LogP contribution >= 0.6 is 0 Å². The summed E-state index contributed by atoms with van der Waals surface area (Å²) in [5.74, 6) is -0.290. The van der Waals surface area contributed by atoms with Crippen LogP contribution in [0.3, 0.4) is 0 Å². The molecule has 0 unspecified atom stereocenters. The summed E-state index contributed by atoms with van der Waals surface area (Å²) in [4.78, 5) is 14.4. The minimum absolute atomic E-state index is 0.290. The van der Waals surface area contributed by atoms with Gasteiger partial charge in [-0.3, -0.25) is 0 Å². The van der Waals surface area contributed by atoms with Gasteiger partial charge >= 0.3 is 5.97 Å². The number of esters is 1. The molecular formula is C18H25NO3. The largest absolute Gasteiger partial charge is 0.465 e. The molecule has 1 saturated heterocycles. The molecular weight excluding hydrogens is 278 g/mol. The standard InChI is InChI=1S/C18H25NO3/c1-4-7-15-16(18(20)21-3)8-6-9-17(15)19(5-2)14-10-12-22-13-11-14/h4,6,8-9,14H,1,5,7,10-13H2,2-3H3. The Bertz CT molecular complexity index is 521. The van der Waals surface area contributed by atoms with Gasteiger partial charge in [-0.15, -0.1) is 6.58 Å². The Labute approximate surface area is 132 Å². The van der Waals surface area contributed by atoms with Crippen LogP contribution < -0.4 is 4.90 Å². The zero-order chi connectivity index (χ0) is 15.9. The van der Waals surface area contributed by atoms with Crippen molar-refractivity contribution >= 4 is 11.7 Å². The van der Waals surface area contributed by atoms with Gasteiger partial charge in [0.05, 0.1) is 12.7 Å². The molecule has 1 aromatic rings. The van der Waals surface area contributed by atoms with E-state index in [4.69, 9.17) is 9.47 Å². The Morgan fingerprint density at radius 3 is 2.77 bits per heavy atom. The fourth-order valence-electron chi connectivity index (χ4n) is 3.13. The van der Waals surface area contributed by atoms with Crippen LogP contribution in [-0.2, 0) is 15.9 Å². The summed E-state index contributed by atoms with van der Waals surface area (Å²) in [7, 11) is 1.42. The maximum atomic E-state index is 12.1. The van der Waals surface area contributed by atoms with Crippen molar-refractivity contribution in [3.8, 4) is 0 Å². The van der Waals surface area contributed by atoms with Crippen molar-refractivity contribution in [2.24, 2.45) is 0 Å². The van der Waals surface area contributed by atoms with Crippen molar-refractivity contribution in [2.45, 2.75) is 32.2 Å². The molecule has 0 bridgehead atoms. The van der Waals surface area contributed by atoms with Crippen molar-refractivity contribution in [3.05, 3.63) is 42.0 Å². The van der Waals surface area contributed by atoms with Crippen LogP contribution in [0.4, 0.5) is 5.69 Å². The van der Waals surface area contributed by atoms with Crippen LogP contribution in [0.2, 0.25) is 0 Å². The lowest BCUT2D eigenvalue weighted by atomic mass is 9.98. The number of hydrogen-bond donors (Lipinski definition) is 0. The molecule has 0 amide bonds. The van der Waals surface area contributed by atoms with Gasteiger partial charge in [0.1, 0.15) is 0 Å². The van der Waals surface area contributed by atoms with Crippen LogP contribution in [0.15, 0.2) is 30.9 Å². The molecule has 0 saturated carbocycles. The van der Waals surface area contributed by atoms with Crippen LogP contribution in [0, 0.1) is 0 Å². The molecule has 0 spiro atoms. The van der Waals surface area contributed by atoms with Crippen LogP contribution in [0.25, 0.3) is 0 Å². The van der Waals surface area contributed by atoms with Gasteiger partial charge in [0, 0.05) is 31.5 Å². The summed E-state index contributed by atoms with van der Waals surface area (Å²) in [6.45, 7) is 8.48. The predicted octanol–water partition coefficient (Wildman–Crippen LogP) is 3.21. The molecule has 1 heterocycles. The number of ether oxygens (including phenoxy) is 2. The van der Waals surface area contributed by atoms with E-state index < -0.39 is 0 Å². The predicted molar refractivity (Wildman–Crippen MR) is 88.5 cm³/mol. The van der Waals surface area contributed by atoms with Crippen molar-refractivity contribution in [2.75, 3.05) is 31.8 Å². The number of rotatable bonds is 6. The van der Waals surface area contributed by atoms with Gasteiger partial charge in [0.15, 0.2) is 0 Å². The van der Waals surface area contributed by atoms with Crippen molar-refractivity contribution in [3.63, 3.8) is 0 Å². The minimum atomic E-state index is -0.290. The molecule has 0 aromatic heterocycles. The molecule has 1 aliphatic rings. The summed E-state index contributed by atoms with van der Waals surface area (Å²) in [5.41, 5.74) is 2.74. The topological polar surface area (TPSA) is 38.8 Å². The van der Waals surface area contributed by atoms with Gasteiger partial charge in [-0.05, 0) is 43.9 Å². The van der Waals surface area contributed by atoms with Crippen molar-refractivity contribution in [1.82, 2.24) is 0 Å². The summed E-state index contributed by atoms with van der Waals surface area (Å²) in [5, 5.41) is 0. The van der Waals surface area contributed by atoms with E-state index in [9.17, 15) is 4.79 Å². The van der Waals surface area contributed by atoms with E-state index in [0.29, 0.717) is 18.0 Å². The Balaban J connectivity index is 2.42. The van der Waals surface area contributed by atoms with Gasteiger partial charge in [-0.2, -0.15) is 0 Å². The molecule has 1 fully saturated rings. The van der Waals surface area contributed by atoms with Crippen LogP contribution in [-0.4, -0.2) is 38.9 Å². The van der Waals surface area contributed by atoms with Gasteiger partial charge in [0.2, 0.25) is 0 Å². The van der Waals surface area contributed by atoms with Crippen molar-refractivity contribution in [1.29, 1.82) is 0 Å². The van der Waals surface area contributed by atoms with Gasteiger partial charge in [-0.25, -0.2) is 4.79 Å². The average Bonchev–Trinajstić information content (AvgIpc) is 2.57. The molecule has 1 aromatic carbocycles. The number of carbonyl (C=O) groups is 1. The monoisotopic (exact) mass is 303 g/mol. The first kappa shape index (κ1) is 16.6. The molecule has 1 aliphatic heterocycles. The van der Waals surface area contributed by atoms with Crippen LogP contribution in [0.5, 0.6) is 0 Å². The third-order valence-corrected chi connectivity index (χ3v) is 4.19. The molecule has 0 N–H and O–H groups in total. The van der Waals surface area contributed by atoms with Gasteiger partial charge < -0.3 is 14.4 Å². The number of hydrogen-bond acceptors (Lipinski definition) is 4. The third-order valence-electron chi connectivity index (χ3n) is 4.19. The first-order chi connectivity index (χ1) is 10.7. The second kappa shape index (κ2) is 7.99. The lowest BCUT2D eigenvalue weighted by molar-refractivity contribution is 0.0599. The van der Waals surface area contributed by atoms with E-state index >= 15 is 0 Å². The second-order valence-electron chi connectivity index (χ2n) is 5.42. The average molecular weight is 303 g/mol. The summed E-state index contributed by atoms with van der Waals surface area (Å²) >= 11 is 0. The highest BCUT2D eigenvalue weighted by atomic mass is 16.5. The van der Waals surface area contributed by atoms with Crippen LogP contribution in [0.1, 0.15) is 35.7 Å². The first-order valence-electron chi connectivity index (χ1n) is 7.88. The van der Waals surface area contributed by atoms with E-state index in [-0.39, 0.29) is 5.97 Å². The molecule has 4 nitrogen and oxygen atoms in total. The Hall–Kier alpha value is -1.81. The molecule has 4 heteroatoms. The number of nitrogens with zero attached hydrogens (tertiary/aromatic N) is 1. The van der Waals surface area contributed by atoms with Crippen molar-refractivity contribution < 1.29 is 14.3 Å². The molecule has 22 heavy (non-hydrogen) atoms. The highest BCUT2D eigenvalue weighted by molar-refractivity contribution is 5.93. The summed E-state index contributed by atoms with van der Waals surface area (Å²) < 4.78 is 10.4. The number of anilines is 1. The fourth-order valence-corrected chi connectivity index (χ4v) is 3.13. The van der Waals surface area contributed by atoms with E-state index in [2.05, 4.69) is 24.5 Å². The lowest BCUT2D eigenvalue weighted by Gasteiger charge is -2.36. The smallest absolute Gasteiger partial charge is 0.338 e. The molecule has 120 valence electrons. The SMILES string of the molecule is C=CCc1c(C(=O)OC)cccc1N(CC)C1CCOCC1. The summed E-state index contributed by atoms with van der Waals surface area (Å²) in [6.07, 6.45) is 4.52. The normalized spacial score (nSPS) is 15.4. The number of carbonyl (C=O) groups excluding carboxylic acids is 1. The van der Waals surface area contributed by atoms with E-state index in [1.807, 2.05) is 18.2 Å². The number of benzene rings is 1.